The van der Waals surface area contributed by atoms with E-state index in [0.717, 1.165) is 6.42 Å². The van der Waals surface area contributed by atoms with Gasteiger partial charge in [0.05, 0.1) is 18.2 Å². The second-order valence-electron chi connectivity index (χ2n) is 5.98. The Morgan fingerprint density at radius 2 is 1.95 bits per heavy atom. The summed E-state index contributed by atoms with van der Waals surface area (Å²) in [5, 5.41) is 2.41. The largest absolute Gasteiger partial charge is 0.489 e. The highest BCUT2D eigenvalue weighted by Crippen LogP contribution is 2.40. The Kier molecular flexibility index (Phi) is 4.89. The highest BCUT2D eigenvalue weighted by molar-refractivity contribution is 6.33. The SMILES string of the molecule is CC(C)(C)NC(=O)C(Cl)c1cc(Cl)c2c(c1)OCCCO2. The zero-order valence-electron chi connectivity index (χ0n) is 12.3. The number of rotatable bonds is 2. The van der Waals surface area contributed by atoms with E-state index in [-0.39, 0.29) is 11.4 Å². The van der Waals surface area contributed by atoms with Crippen molar-refractivity contribution in [2.75, 3.05) is 13.2 Å². The molecule has 0 spiro atoms. The molecule has 1 amide bonds. The number of ether oxygens (including phenoxy) is 2. The molecule has 0 bridgehead atoms. The van der Waals surface area contributed by atoms with Crippen LogP contribution in [0.2, 0.25) is 5.02 Å². The molecule has 1 atom stereocenters. The number of carbonyl (C=O) groups is 1. The van der Waals surface area contributed by atoms with Gasteiger partial charge in [0.1, 0.15) is 5.38 Å². The Bertz CT molecular complexity index is 540. The third kappa shape index (κ3) is 4.17. The van der Waals surface area contributed by atoms with Crippen LogP contribution in [0.1, 0.15) is 38.1 Å². The summed E-state index contributed by atoms with van der Waals surface area (Å²) in [4.78, 5) is 12.1. The molecule has 6 heteroatoms. The van der Waals surface area contributed by atoms with Gasteiger partial charge in [-0.25, -0.2) is 0 Å². The number of benzene rings is 1. The van der Waals surface area contributed by atoms with Crippen LogP contribution < -0.4 is 14.8 Å². The molecule has 2 rings (SSSR count). The first-order valence-corrected chi connectivity index (χ1v) is 7.64. The first-order valence-electron chi connectivity index (χ1n) is 6.83. The minimum Gasteiger partial charge on any atom is -0.489 e. The van der Waals surface area contributed by atoms with Crippen molar-refractivity contribution in [1.29, 1.82) is 0 Å². The van der Waals surface area contributed by atoms with Gasteiger partial charge >= 0.3 is 0 Å². The van der Waals surface area contributed by atoms with Gasteiger partial charge in [0.25, 0.3) is 0 Å². The maximum atomic E-state index is 12.1. The van der Waals surface area contributed by atoms with Crippen LogP contribution in [-0.4, -0.2) is 24.7 Å². The van der Waals surface area contributed by atoms with Gasteiger partial charge in [-0.1, -0.05) is 11.6 Å². The van der Waals surface area contributed by atoms with E-state index in [4.69, 9.17) is 32.7 Å². The van der Waals surface area contributed by atoms with Crippen molar-refractivity contribution in [3.63, 3.8) is 0 Å². The van der Waals surface area contributed by atoms with Gasteiger partial charge in [-0.05, 0) is 38.5 Å². The maximum absolute atomic E-state index is 12.1. The molecular formula is C15H19Cl2NO3. The van der Waals surface area contributed by atoms with Crippen LogP contribution in [0.15, 0.2) is 12.1 Å². The van der Waals surface area contributed by atoms with Gasteiger partial charge in [0.15, 0.2) is 11.5 Å². The number of hydrogen-bond acceptors (Lipinski definition) is 3. The summed E-state index contributed by atoms with van der Waals surface area (Å²) >= 11 is 12.5. The lowest BCUT2D eigenvalue weighted by atomic mass is 10.1. The number of alkyl halides is 1. The Hall–Kier alpha value is -1.13. The summed E-state index contributed by atoms with van der Waals surface area (Å²) in [6.45, 7) is 6.80. The lowest BCUT2D eigenvalue weighted by molar-refractivity contribution is -0.122. The number of halogens is 2. The summed E-state index contributed by atoms with van der Waals surface area (Å²) in [7, 11) is 0. The fourth-order valence-electron chi connectivity index (χ4n) is 1.98. The van der Waals surface area contributed by atoms with Crippen molar-refractivity contribution in [3.8, 4) is 11.5 Å². The Morgan fingerprint density at radius 1 is 1.29 bits per heavy atom. The van der Waals surface area contributed by atoms with E-state index >= 15 is 0 Å². The molecule has 0 aromatic heterocycles. The summed E-state index contributed by atoms with van der Waals surface area (Å²) in [6.07, 6.45) is 0.787. The summed E-state index contributed by atoms with van der Waals surface area (Å²) in [5.74, 6) is 0.775. The van der Waals surface area contributed by atoms with Gasteiger partial charge in [-0.3, -0.25) is 4.79 Å². The van der Waals surface area contributed by atoms with Crippen LogP contribution >= 0.6 is 23.2 Å². The second kappa shape index (κ2) is 6.32. The van der Waals surface area contributed by atoms with E-state index in [9.17, 15) is 4.79 Å². The zero-order valence-corrected chi connectivity index (χ0v) is 13.8. The third-order valence-electron chi connectivity index (χ3n) is 2.85. The topological polar surface area (TPSA) is 47.6 Å². The first-order chi connectivity index (χ1) is 9.78. The van der Waals surface area contributed by atoms with E-state index in [1.165, 1.54) is 0 Å². The van der Waals surface area contributed by atoms with E-state index in [1.54, 1.807) is 12.1 Å². The number of amides is 1. The molecule has 1 aliphatic rings. The molecule has 1 aliphatic heterocycles. The molecule has 1 N–H and O–H groups in total. The first kappa shape index (κ1) is 16.2. The fraction of sp³-hybridized carbons (Fsp3) is 0.533. The van der Waals surface area contributed by atoms with Crippen LogP contribution in [0.4, 0.5) is 0 Å². The summed E-state index contributed by atoms with van der Waals surface area (Å²) in [5.41, 5.74) is 0.243. The molecule has 0 saturated carbocycles. The van der Waals surface area contributed by atoms with Gasteiger partial charge in [-0.15, -0.1) is 11.6 Å². The number of hydrogen-bond donors (Lipinski definition) is 1. The normalized spacial score (nSPS) is 16.0. The maximum Gasteiger partial charge on any atom is 0.243 e. The van der Waals surface area contributed by atoms with Gasteiger partial charge in [-0.2, -0.15) is 0 Å². The van der Waals surface area contributed by atoms with Crippen LogP contribution in [0.5, 0.6) is 11.5 Å². The number of nitrogens with one attached hydrogen (secondary N) is 1. The van der Waals surface area contributed by atoms with Crippen LogP contribution in [0.25, 0.3) is 0 Å². The lowest BCUT2D eigenvalue weighted by Crippen LogP contribution is -2.42. The van der Waals surface area contributed by atoms with Crippen molar-refractivity contribution >= 4 is 29.1 Å². The fourth-order valence-corrected chi connectivity index (χ4v) is 2.44. The Labute approximate surface area is 134 Å². The van der Waals surface area contributed by atoms with Crippen LogP contribution in [0.3, 0.4) is 0 Å². The van der Waals surface area contributed by atoms with Crippen LogP contribution in [-0.2, 0) is 4.79 Å². The van der Waals surface area contributed by atoms with Crippen molar-refractivity contribution in [3.05, 3.63) is 22.7 Å². The number of fused-ring (bicyclic) bond motifs is 1. The highest BCUT2D eigenvalue weighted by Gasteiger charge is 2.25. The smallest absolute Gasteiger partial charge is 0.243 e. The minimum absolute atomic E-state index is 0.269. The second-order valence-corrected chi connectivity index (χ2v) is 6.83. The standard InChI is InChI=1S/C15H19Cl2NO3/c1-15(2,3)18-14(19)12(17)9-7-10(16)13-11(8-9)20-5-4-6-21-13/h7-8,12H,4-6H2,1-3H3,(H,18,19). The molecule has 1 heterocycles. The summed E-state index contributed by atoms with van der Waals surface area (Å²) in [6, 6.07) is 3.36. The minimum atomic E-state index is -0.834. The van der Waals surface area contributed by atoms with Crippen molar-refractivity contribution < 1.29 is 14.3 Å². The van der Waals surface area contributed by atoms with Crippen molar-refractivity contribution in [2.24, 2.45) is 0 Å². The van der Waals surface area contributed by atoms with E-state index in [1.807, 2.05) is 20.8 Å². The van der Waals surface area contributed by atoms with E-state index in [2.05, 4.69) is 5.32 Å². The molecule has 21 heavy (non-hydrogen) atoms. The third-order valence-corrected chi connectivity index (χ3v) is 3.58. The Balaban J connectivity index is 2.26. The monoisotopic (exact) mass is 331 g/mol. The molecular weight excluding hydrogens is 313 g/mol. The summed E-state index contributed by atoms with van der Waals surface area (Å²) < 4.78 is 11.2. The molecule has 0 aliphatic carbocycles. The molecule has 116 valence electrons. The zero-order chi connectivity index (χ0) is 15.6. The molecule has 4 nitrogen and oxygen atoms in total. The molecule has 1 unspecified atom stereocenters. The van der Waals surface area contributed by atoms with E-state index < -0.39 is 5.38 Å². The lowest BCUT2D eigenvalue weighted by Gasteiger charge is -2.23. The predicted octanol–water partition coefficient (Wildman–Crippen LogP) is 3.70. The van der Waals surface area contributed by atoms with Crippen molar-refractivity contribution in [1.82, 2.24) is 5.32 Å². The highest BCUT2D eigenvalue weighted by atomic mass is 35.5. The average Bonchev–Trinajstić information content (AvgIpc) is 2.61. The molecule has 0 fully saturated rings. The molecule has 1 aromatic rings. The van der Waals surface area contributed by atoms with Gasteiger partial charge in [0, 0.05) is 12.0 Å². The molecule has 0 radical (unpaired) electrons. The Morgan fingerprint density at radius 3 is 2.62 bits per heavy atom. The van der Waals surface area contributed by atoms with Crippen LogP contribution in [0, 0.1) is 0 Å². The van der Waals surface area contributed by atoms with E-state index in [0.29, 0.717) is 35.3 Å². The van der Waals surface area contributed by atoms with Gasteiger partial charge in [0.2, 0.25) is 5.91 Å². The van der Waals surface area contributed by atoms with Gasteiger partial charge < -0.3 is 14.8 Å². The number of carbonyl (C=O) groups excluding carboxylic acids is 1. The predicted molar refractivity (Wildman–Crippen MR) is 83.5 cm³/mol. The molecule has 1 aromatic carbocycles. The molecule has 0 saturated heterocycles. The van der Waals surface area contributed by atoms with Crippen molar-refractivity contribution in [2.45, 2.75) is 38.1 Å². The quantitative estimate of drug-likeness (QED) is 0.840. The average molecular weight is 332 g/mol.